The standard InChI is InChI=1S/C20H21N5O2S/c1-14(26)15-4-6-17(7-5-15)21-18(27)16-8-12-25(13-9-16)20-23-22-19(28-20)24-10-2-3-11-24/h2-7,10-11,16H,8-9,12-13H2,1H3,(H,21,27). The number of nitrogens with one attached hydrogen (secondary N) is 1. The summed E-state index contributed by atoms with van der Waals surface area (Å²) in [4.78, 5) is 26.1. The largest absolute Gasteiger partial charge is 0.347 e. The lowest BCUT2D eigenvalue weighted by Crippen LogP contribution is -2.38. The fourth-order valence-electron chi connectivity index (χ4n) is 3.27. The molecule has 28 heavy (non-hydrogen) atoms. The number of amides is 1. The van der Waals surface area contributed by atoms with Crippen LogP contribution >= 0.6 is 11.3 Å². The fraction of sp³-hybridized carbons (Fsp3) is 0.300. The normalized spacial score (nSPS) is 14.8. The van der Waals surface area contributed by atoms with Gasteiger partial charge in [0.05, 0.1) is 0 Å². The summed E-state index contributed by atoms with van der Waals surface area (Å²) in [5, 5.41) is 13.2. The zero-order chi connectivity index (χ0) is 19.5. The van der Waals surface area contributed by atoms with E-state index >= 15 is 0 Å². The van der Waals surface area contributed by atoms with Gasteiger partial charge in [-0.2, -0.15) is 0 Å². The maximum Gasteiger partial charge on any atom is 0.227 e. The smallest absolute Gasteiger partial charge is 0.227 e. The summed E-state index contributed by atoms with van der Waals surface area (Å²) in [6.07, 6.45) is 5.44. The zero-order valence-corrected chi connectivity index (χ0v) is 16.4. The van der Waals surface area contributed by atoms with Crippen LogP contribution in [0.3, 0.4) is 0 Å². The Kier molecular flexibility index (Phi) is 5.21. The molecule has 3 aromatic rings. The molecule has 1 N–H and O–H groups in total. The summed E-state index contributed by atoms with van der Waals surface area (Å²) in [6.45, 7) is 3.09. The first-order valence-corrected chi connectivity index (χ1v) is 10.1. The number of ketones is 1. The van der Waals surface area contributed by atoms with Gasteiger partial charge in [0.2, 0.25) is 16.2 Å². The highest BCUT2D eigenvalue weighted by Gasteiger charge is 2.26. The minimum Gasteiger partial charge on any atom is -0.347 e. The Morgan fingerprint density at radius 1 is 1.04 bits per heavy atom. The third-order valence-electron chi connectivity index (χ3n) is 4.92. The number of piperidine rings is 1. The third kappa shape index (κ3) is 3.96. The van der Waals surface area contributed by atoms with Crippen LogP contribution in [0.15, 0.2) is 48.8 Å². The third-order valence-corrected chi connectivity index (χ3v) is 5.92. The van der Waals surface area contributed by atoms with Crippen molar-refractivity contribution in [2.45, 2.75) is 19.8 Å². The second-order valence-corrected chi connectivity index (χ2v) is 7.78. The van der Waals surface area contributed by atoms with E-state index in [-0.39, 0.29) is 17.6 Å². The van der Waals surface area contributed by atoms with E-state index in [1.165, 1.54) is 6.92 Å². The van der Waals surface area contributed by atoms with E-state index in [9.17, 15) is 9.59 Å². The molecule has 4 rings (SSSR count). The van der Waals surface area contributed by atoms with E-state index < -0.39 is 0 Å². The number of hydrogen-bond acceptors (Lipinski definition) is 6. The molecule has 144 valence electrons. The highest BCUT2D eigenvalue weighted by molar-refractivity contribution is 7.17. The van der Waals surface area contributed by atoms with E-state index in [0.29, 0.717) is 5.56 Å². The van der Waals surface area contributed by atoms with Gasteiger partial charge in [-0.1, -0.05) is 11.3 Å². The number of carbonyl (C=O) groups excluding carboxylic acids is 2. The molecule has 0 aliphatic carbocycles. The molecule has 7 nitrogen and oxygen atoms in total. The molecule has 0 radical (unpaired) electrons. The number of benzene rings is 1. The predicted molar refractivity (Wildman–Crippen MR) is 109 cm³/mol. The lowest BCUT2D eigenvalue weighted by molar-refractivity contribution is -0.120. The van der Waals surface area contributed by atoms with Crippen molar-refractivity contribution in [1.29, 1.82) is 0 Å². The van der Waals surface area contributed by atoms with Crippen molar-refractivity contribution in [1.82, 2.24) is 14.8 Å². The lowest BCUT2D eigenvalue weighted by Gasteiger charge is -2.30. The molecular weight excluding hydrogens is 374 g/mol. The van der Waals surface area contributed by atoms with Crippen LogP contribution in [0.25, 0.3) is 5.13 Å². The molecule has 3 heterocycles. The topological polar surface area (TPSA) is 80.1 Å². The number of hydrogen-bond donors (Lipinski definition) is 1. The van der Waals surface area contributed by atoms with E-state index in [2.05, 4.69) is 20.4 Å². The van der Waals surface area contributed by atoms with E-state index in [1.807, 2.05) is 29.1 Å². The Bertz CT molecular complexity index is 957. The number of nitrogens with zero attached hydrogens (tertiary/aromatic N) is 4. The van der Waals surface area contributed by atoms with Gasteiger partial charge in [-0.05, 0) is 56.2 Å². The molecular formula is C20H21N5O2S. The second kappa shape index (κ2) is 7.93. The van der Waals surface area contributed by atoms with Crippen molar-refractivity contribution in [3.05, 3.63) is 54.4 Å². The molecule has 1 saturated heterocycles. The summed E-state index contributed by atoms with van der Waals surface area (Å²) >= 11 is 1.55. The summed E-state index contributed by atoms with van der Waals surface area (Å²) in [7, 11) is 0. The first-order valence-electron chi connectivity index (χ1n) is 9.24. The molecule has 1 aliphatic rings. The number of rotatable bonds is 5. The molecule has 8 heteroatoms. The quantitative estimate of drug-likeness (QED) is 0.670. The van der Waals surface area contributed by atoms with Gasteiger partial charge in [0.15, 0.2) is 5.78 Å². The molecule has 1 aliphatic heterocycles. The van der Waals surface area contributed by atoms with Crippen molar-refractivity contribution in [3.8, 4) is 5.13 Å². The van der Waals surface area contributed by atoms with Gasteiger partial charge in [0.25, 0.3) is 0 Å². The van der Waals surface area contributed by atoms with Gasteiger partial charge in [0.1, 0.15) is 0 Å². The summed E-state index contributed by atoms with van der Waals surface area (Å²) in [6, 6.07) is 10.9. The molecule has 1 amide bonds. The maximum atomic E-state index is 12.6. The predicted octanol–water partition coefficient (Wildman–Crippen LogP) is 3.39. The van der Waals surface area contributed by atoms with Crippen molar-refractivity contribution in [2.75, 3.05) is 23.3 Å². The lowest BCUT2D eigenvalue weighted by atomic mass is 9.96. The molecule has 1 aromatic carbocycles. The number of aromatic nitrogens is 3. The summed E-state index contributed by atoms with van der Waals surface area (Å²) < 4.78 is 1.94. The van der Waals surface area contributed by atoms with Gasteiger partial charge in [-0.3, -0.25) is 14.2 Å². The summed E-state index contributed by atoms with van der Waals surface area (Å²) in [5.74, 6) is 0.0166. The molecule has 0 spiro atoms. The molecule has 0 bridgehead atoms. The van der Waals surface area contributed by atoms with Crippen molar-refractivity contribution in [3.63, 3.8) is 0 Å². The highest BCUT2D eigenvalue weighted by Crippen LogP contribution is 2.28. The van der Waals surface area contributed by atoms with Gasteiger partial charge in [-0.25, -0.2) is 0 Å². The van der Waals surface area contributed by atoms with E-state index in [0.717, 1.165) is 41.9 Å². The second-order valence-electron chi connectivity index (χ2n) is 6.84. The molecule has 2 aromatic heterocycles. The van der Waals surface area contributed by atoms with Crippen molar-refractivity contribution in [2.24, 2.45) is 5.92 Å². The first-order chi connectivity index (χ1) is 13.6. The van der Waals surface area contributed by atoms with Crippen LogP contribution in [0, 0.1) is 5.92 Å². The van der Waals surface area contributed by atoms with Crippen LogP contribution in [0.5, 0.6) is 0 Å². The number of anilines is 2. The number of Topliss-reactive ketones (excluding diaryl/α,β-unsaturated/α-hetero) is 1. The Morgan fingerprint density at radius 2 is 1.68 bits per heavy atom. The van der Waals surface area contributed by atoms with Crippen LogP contribution in [0.4, 0.5) is 10.8 Å². The van der Waals surface area contributed by atoms with Crippen LogP contribution in [0.2, 0.25) is 0 Å². The molecule has 0 unspecified atom stereocenters. The van der Waals surface area contributed by atoms with Crippen LogP contribution < -0.4 is 10.2 Å². The maximum absolute atomic E-state index is 12.6. The zero-order valence-electron chi connectivity index (χ0n) is 15.5. The van der Waals surface area contributed by atoms with Gasteiger partial charge in [0, 0.05) is 42.7 Å². The van der Waals surface area contributed by atoms with E-state index in [4.69, 9.17) is 0 Å². The molecule has 0 atom stereocenters. The van der Waals surface area contributed by atoms with Crippen molar-refractivity contribution < 1.29 is 9.59 Å². The van der Waals surface area contributed by atoms with Crippen LogP contribution in [-0.2, 0) is 4.79 Å². The highest BCUT2D eigenvalue weighted by atomic mass is 32.1. The molecule has 1 fully saturated rings. The van der Waals surface area contributed by atoms with Gasteiger partial charge in [-0.15, -0.1) is 10.2 Å². The fourth-order valence-corrected chi connectivity index (χ4v) is 4.13. The first kappa shape index (κ1) is 18.4. The Hall–Kier alpha value is -3.00. The van der Waals surface area contributed by atoms with Gasteiger partial charge < -0.3 is 10.2 Å². The van der Waals surface area contributed by atoms with Crippen LogP contribution in [-0.4, -0.2) is 39.5 Å². The monoisotopic (exact) mass is 395 g/mol. The summed E-state index contributed by atoms with van der Waals surface area (Å²) in [5.41, 5.74) is 1.36. The average Bonchev–Trinajstić information content (AvgIpc) is 3.40. The Morgan fingerprint density at radius 3 is 2.32 bits per heavy atom. The minimum absolute atomic E-state index is 0.0156. The molecule has 0 saturated carbocycles. The van der Waals surface area contributed by atoms with Crippen LogP contribution in [0.1, 0.15) is 30.1 Å². The Labute approximate surface area is 167 Å². The van der Waals surface area contributed by atoms with Crippen molar-refractivity contribution >= 4 is 33.8 Å². The average molecular weight is 395 g/mol. The van der Waals surface area contributed by atoms with E-state index in [1.54, 1.807) is 35.6 Å². The Balaban J connectivity index is 1.32. The SMILES string of the molecule is CC(=O)c1ccc(NC(=O)C2CCN(c3nnc(-n4cccc4)s3)CC2)cc1. The number of carbonyl (C=O) groups is 2. The van der Waals surface area contributed by atoms with Gasteiger partial charge >= 0.3 is 0 Å². The minimum atomic E-state index is -0.0272.